The number of methoxy groups -OCH3 is 1. The number of rotatable bonds is 5. The molecule has 0 amide bonds. The molecule has 0 atom stereocenters. The van der Waals surface area contributed by atoms with Gasteiger partial charge in [0.1, 0.15) is 5.75 Å². The van der Waals surface area contributed by atoms with Crippen LogP contribution >= 0.6 is 0 Å². The monoisotopic (exact) mass is 262 g/mol. The number of carbonyl (C=O) groups excluding carboxylic acids is 1. The Kier molecular flexibility index (Phi) is 4.93. The zero-order valence-corrected chi connectivity index (χ0v) is 11.8. The molecule has 1 fully saturated rings. The predicted octanol–water partition coefficient (Wildman–Crippen LogP) is 1.52. The minimum Gasteiger partial charge on any atom is -0.496 e. The first-order chi connectivity index (χ1) is 9.24. The number of Topliss-reactive ketones (excluding diaryl/α,β-unsaturated/α-hetero) is 1. The molecular weight excluding hydrogens is 240 g/mol. The highest BCUT2D eigenvalue weighted by Crippen LogP contribution is 2.18. The Morgan fingerprint density at radius 2 is 1.79 bits per heavy atom. The molecule has 4 heteroatoms. The van der Waals surface area contributed by atoms with Crippen LogP contribution in [0.1, 0.15) is 17.3 Å². The molecule has 1 aliphatic rings. The van der Waals surface area contributed by atoms with Gasteiger partial charge in [-0.25, -0.2) is 0 Å². The van der Waals surface area contributed by atoms with E-state index in [0.29, 0.717) is 17.9 Å². The average Bonchev–Trinajstić information content (AvgIpc) is 2.48. The van der Waals surface area contributed by atoms with Crippen molar-refractivity contribution in [3.05, 3.63) is 29.8 Å². The molecule has 0 spiro atoms. The lowest BCUT2D eigenvalue weighted by Crippen LogP contribution is -2.47. The van der Waals surface area contributed by atoms with Crippen LogP contribution in [-0.2, 0) is 0 Å². The maximum Gasteiger partial charge on any atom is 0.180 e. The minimum absolute atomic E-state index is 0.141. The van der Waals surface area contributed by atoms with Gasteiger partial charge in [0.25, 0.3) is 0 Å². The third-order valence-electron chi connectivity index (χ3n) is 3.69. The topological polar surface area (TPSA) is 32.8 Å². The predicted molar refractivity (Wildman–Crippen MR) is 75.9 cm³/mol. The fourth-order valence-corrected chi connectivity index (χ4v) is 2.43. The van der Waals surface area contributed by atoms with Crippen LogP contribution in [0.25, 0.3) is 0 Å². The second-order valence-electron chi connectivity index (χ2n) is 4.83. The van der Waals surface area contributed by atoms with Gasteiger partial charge in [-0.2, -0.15) is 0 Å². The number of hydrogen-bond donors (Lipinski definition) is 0. The normalized spacial score (nSPS) is 17.4. The van der Waals surface area contributed by atoms with Gasteiger partial charge in [0, 0.05) is 26.2 Å². The molecule has 1 aromatic carbocycles. The van der Waals surface area contributed by atoms with E-state index in [4.69, 9.17) is 4.74 Å². The molecule has 4 nitrogen and oxygen atoms in total. The summed E-state index contributed by atoms with van der Waals surface area (Å²) >= 11 is 0. The maximum atomic E-state index is 12.3. The number of ketones is 1. The Bertz CT molecular complexity index is 426. The summed E-state index contributed by atoms with van der Waals surface area (Å²) in [5, 5.41) is 0. The number of nitrogens with zero attached hydrogens (tertiary/aromatic N) is 2. The number of carbonyl (C=O) groups is 1. The van der Waals surface area contributed by atoms with E-state index in [2.05, 4.69) is 16.7 Å². The molecule has 2 rings (SSSR count). The van der Waals surface area contributed by atoms with Crippen LogP contribution in [0.2, 0.25) is 0 Å². The molecule has 0 N–H and O–H groups in total. The highest BCUT2D eigenvalue weighted by atomic mass is 16.5. The molecule has 1 saturated heterocycles. The van der Waals surface area contributed by atoms with Crippen molar-refractivity contribution >= 4 is 5.78 Å². The SMILES string of the molecule is CCN1CCN(CC(=O)c2ccccc2OC)CC1. The summed E-state index contributed by atoms with van der Waals surface area (Å²) in [4.78, 5) is 16.9. The summed E-state index contributed by atoms with van der Waals surface area (Å²) in [6.45, 7) is 7.79. The van der Waals surface area contributed by atoms with E-state index in [1.54, 1.807) is 7.11 Å². The summed E-state index contributed by atoms with van der Waals surface area (Å²) in [6, 6.07) is 7.44. The largest absolute Gasteiger partial charge is 0.496 e. The van der Waals surface area contributed by atoms with Crippen molar-refractivity contribution < 1.29 is 9.53 Å². The van der Waals surface area contributed by atoms with Crippen molar-refractivity contribution in [1.29, 1.82) is 0 Å². The van der Waals surface area contributed by atoms with E-state index in [-0.39, 0.29) is 5.78 Å². The van der Waals surface area contributed by atoms with Crippen LogP contribution in [-0.4, -0.2) is 62.0 Å². The van der Waals surface area contributed by atoms with Gasteiger partial charge < -0.3 is 9.64 Å². The second-order valence-corrected chi connectivity index (χ2v) is 4.83. The molecule has 0 bridgehead atoms. The van der Waals surface area contributed by atoms with Crippen LogP contribution < -0.4 is 4.74 Å². The Labute approximate surface area is 115 Å². The minimum atomic E-state index is 0.141. The summed E-state index contributed by atoms with van der Waals surface area (Å²) in [5.41, 5.74) is 0.683. The molecule has 104 valence electrons. The summed E-state index contributed by atoms with van der Waals surface area (Å²) < 4.78 is 5.24. The van der Waals surface area contributed by atoms with Crippen molar-refractivity contribution in [1.82, 2.24) is 9.80 Å². The fraction of sp³-hybridized carbons (Fsp3) is 0.533. The van der Waals surface area contributed by atoms with Gasteiger partial charge in [-0.05, 0) is 18.7 Å². The second kappa shape index (κ2) is 6.68. The van der Waals surface area contributed by atoms with E-state index in [1.165, 1.54) is 0 Å². The van der Waals surface area contributed by atoms with Gasteiger partial charge in [0.2, 0.25) is 0 Å². The van der Waals surface area contributed by atoms with Crippen LogP contribution in [0.3, 0.4) is 0 Å². The van der Waals surface area contributed by atoms with Crippen molar-refractivity contribution in [2.24, 2.45) is 0 Å². The standard InChI is InChI=1S/C15H22N2O2/c1-3-16-8-10-17(11-9-16)12-14(18)13-6-4-5-7-15(13)19-2/h4-7H,3,8-12H2,1-2H3. The third kappa shape index (κ3) is 3.55. The van der Waals surface area contributed by atoms with Crippen molar-refractivity contribution in [2.45, 2.75) is 6.92 Å². The summed E-state index contributed by atoms with van der Waals surface area (Å²) in [5.74, 6) is 0.807. The lowest BCUT2D eigenvalue weighted by atomic mass is 10.1. The maximum absolute atomic E-state index is 12.3. The van der Waals surface area contributed by atoms with Gasteiger partial charge in [-0.15, -0.1) is 0 Å². The summed E-state index contributed by atoms with van der Waals surface area (Å²) in [6.07, 6.45) is 0. The number of para-hydroxylation sites is 1. The molecule has 0 saturated carbocycles. The Hall–Kier alpha value is -1.39. The molecule has 0 aromatic heterocycles. The molecule has 19 heavy (non-hydrogen) atoms. The Morgan fingerprint density at radius 3 is 2.42 bits per heavy atom. The number of piperazine rings is 1. The first kappa shape index (κ1) is 14.0. The van der Waals surface area contributed by atoms with E-state index in [0.717, 1.165) is 32.7 Å². The van der Waals surface area contributed by atoms with Crippen LogP contribution in [0.5, 0.6) is 5.75 Å². The highest BCUT2D eigenvalue weighted by molar-refractivity contribution is 6.00. The number of hydrogen-bond acceptors (Lipinski definition) is 4. The number of ether oxygens (including phenoxy) is 1. The molecule has 1 heterocycles. The van der Waals surface area contributed by atoms with E-state index < -0.39 is 0 Å². The Morgan fingerprint density at radius 1 is 1.16 bits per heavy atom. The van der Waals surface area contributed by atoms with Crippen molar-refractivity contribution in [2.75, 3.05) is 46.4 Å². The molecule has 1 aliphatic heterocycles. The molecule has 0 aliphatic carbocycles. The first-order valence-electron chi connectivity index (χ1n) is 6.85. The third-order valence-corrected chi connectivity index (χ3v) is 3.69. The average molecular weight is 262 g/mol. The molecular formula is C15H22N2O2. The van der Waals surface area contributed by atoms with Crippen LogP contribution in [0.15, 0.2) is 24.3 Å². The Balaban J connectivity index is 1.94. The first-order valence-corrected chi connectivity index (χ1v) is 6.85. The van der Waals surface area contributed by atoms with Gasteiger partial charge in [0.15, 0.2) is 5.78 Å². The van der Waals surface area contributed by atoms with Gasteiger partial charge in [-0.1, -0.05) is 19.1 Å². The smallest absolute Gasteiger partial charge is 0.180 e. The molecule has 0 radical (unpaired) electrons. The lowest BCUT2D eigenvalue weighted by molar-refractivity contribution is 0.0856. The molecule has 1 aromatic rings. The summed E-state index contributed by atoms with van der Waals surface area (Å²) in [7, 11) is 1.60. The van der Waals surface area contributed by atoms with E-state index in [1.807, 2.05) is 24.3 Å². The van der Waals surface area contributed by atoms with Crippen LogP contribution in [0, 0.1) is 0 Å². The zero-order chi connectivity index (χ0) is 13.7. The molecule has 0 unspecified atom stereocenters. The van der Waals surface area contributed by atoms with Crippen molar-refractivity contribution in [3.8, 4) is 5.75 Å². The van der Waals surface area contributed by atoms with Gasteiger partial charge in [-0.3, -0.25) is 9.69 Å². The number of likely N-dealkylation sites (N-methyl/N-ethyl adjacent to an activating group) is 1. The zero-order valence-electron chi connectivity index (χ0n) is 11.8. The van der Waals surface area contributed by atoms with Gasteiger partial charge in [0.05, 0.1) is 19.2 Å². The highest BCUT2D eigenvalue weighted by Gasteiger charge is 2.19. The number of benzene rings is 1. The van der Waals surface area contributed by atoms with Crippen LogP contribution in [0.4, 0.5) is 0 Å². The van der Waals surface area contributed by atoms with E-state index >= 15 is 0 Å². The quantitative estimate of drug-likeness (QED) is 0.753. The van der Waals surface area contributed by atoms with Gasteiger partial charge >= 0.3 is 0 Å². The lowest BCUT2D eigenvalue weighted by Gasteiger charge is -2.33. The van der Waals surface area contributed by atoms with E-state index in [9.17, 15) is 4.79 Å². The fourth-order valence-electron chi connectivity index (χ4n) is 2.43. The van der Waals surface area contributed by atoms with Crippen molar-refractivity contribution in [3.63, 3.8) is 0 Å².